The third kappa shape index (κ3) is 2.75. The van der Waals surface area contributed by atoms with Crippen LogP contribution < -0.4 is 5.32 Å². The Hall–Kier alpha value is -2.03. The zero-order valence-electron chi connectivity index (χ0n) is 9.52. The molecule has 1 unspecified atom stereocenters. The monoisotopic (exact) mass is 231 g/mol. The largest absolute Gasteiger partial charge is 0.508 e. The summed E-state index contributed by atoms with van der Waals surface area (Å²) in [6, 6.07) is 13.3. The van der Waals surface area contributed by atoms with Gasteiger partial charge >= 0.3 is 0 Å². The first-order valence-corrected chi connectivity index (χ1v) is 5.47. The Morgan fingerprint density at radius 3 is 2.35 bits per heavy atom. The number of phenols is 1. The number of benzene rings is 2. The lowest BCUT2D eigenvalue weighted by Crippen LogP contribution is -2.06. The Morgan fingerprint density at radius 2 is 1.71 bits per heavy atom. The number of anilines is 1. The molecule has 88 valence electrons. The van der Waals surface area contributed by atoms with Gasteiger partial charge in [0.2, 0.25) is 0 Å². The Labute approximate surface area is 99.7 Å². The number of hydrogen-bond donors (Lipinski definition) is 2. The first-order chi connectivity index (χ1) is 8.16. The van der Waals surface area contributed by atoms with Crippen molar-refractivity contribution >= 4 is 5.69 Å². The fraction of sp³-hybridized carbons (Fsp3) is 0.143. The molecule has 0 aromatic heterocycles. The lowest BCUT2D eigenvalue weighted by atomic mass is 10.1. The molecule has 0 spiro atoms. The molecule has 0 heterocycles. The minimum Gasteiger partial charge on any atom is -0.508 e. The van der Waals surface area contributed by atoms with Gasteiger partial charge in [0.1, 0.15) is 11.6 Å². The van der Waals surface area contributed by atoms with Crippen molar-refractivity contribution in [2.45, 2.75) is 13.0 Å². The standard InChI is InChI=1S/C14H14FNO/c1-10(13-4-2-3-5-14(13)17)16-12-8-6-11(15)7-9-12/h2-10,16-17H,1H3. The SMILES string of the molecule is CC(Nc1ccc(F)cc1)c1ccccc1O. The molecular weight excluding hydrogens is 217 g/mol. The van der Waals surface area contributed by atoms with Gasteiger partial charge in [0.15, 0.2) is 0 Å². The molecule has 0 bridgehead atoms. The van der Waals surface area contributed by atoms with E-state index in [9.17, 15) is 9.50 Å². The molecule has 2 rings (SSSR count). The molecule has 1 atom stereocenters. The third-order valence-corrected chi connectivity index (χ3v) is 2.63. The highest BCUT2D eigenvalue weighted by atomic mass is 19.1. The van der Waals surface area contributed by atoms with E-state index in [0.29, 0.717) is 0 Å². The van der Waals surface area contributed by atoms with E-state index in [1.165, 1.54) is 12.1 Å². The van der Waals surface area contributed by atoms with Gasteiger partial charge in [-0.15, -0.1) is 0 Å². The van der Waals surface area contributed by atoms with Crippen molar-refractivity contribution < 1.29 is 9.50 Å². The molecule has 0 aliphatic carbocycles. The number of hydrogen-bond acceptors (Lipinski definition) is 2. The van der Waals surface area contributed by atoms with Crippen molar-refractivity contribution in [1.29, 1.82) is 0 Å². The fourth-order valence-corrected chi connectivity index (χ4v) is 1.73. The smallest absolute Gasteiger partial charge is 0.123 e. The second-order valence-electron chi connectivity index (χ2n) is 3.93. The van der Waals surface area contributed by atoms with E-state index >= 15 is 0 Å². The second-order valence-corrected chi connectivity index (χ2v) is 3.93. The van der Waals surface area contributed by atoms with E-state index in [1.54, 1.807) is 24.3 Å². The summed E-state index contributed by atoms with van der Waals surface area (Å²) in [5, 5.41) is 12.9. The normalized spacial score (nSPS) is 12.1. The van der Waals surface area contributed by atoms with Crippen LogP contribution in [0.5, 0.6) is 5.75 Å². The minimum atomic E-state index is -0.259. The molecule has 0 radical (unpaired) electrons. The molecule has 0 aliphatic heterocycles. The van der Waals surface area contributed by atoms with Crippen molar-refractivity contribution in [3.8, 4) is 5.75 Å². The number of nitrogens with one attached hydrogen (secondary N) is 1. The first-order valence-electron chi connectivity index (χ1n) is 5.47. The molecule has 0 amide bonds. The van der Waals surface area contributed by atoms with Crippen LogP contribution in [0.1, 0.15) is 18.5 Å². The number of para-hydroxylation sites is 1. The van der Waals surface area contributed by atoms with Crippen LogP contribution in [0, 0.1) is 5.82 Å². The molecular formula is C14H14FNO. The van der Waals surface area contributed by atoms with E-state index in [-0.39, 0.29) is 17.6 Å². The van der Waals surface area contributed by atoms with Crippen LogP contribution in [-0.4, -0.2) is 5.11 Å². The summed E-state index contributed by atoms with van der Waals surface area (Å²) in [5.74, 6) is 0.000345. The van der Waals surface area contributed by atoms with Crippen molar-refractivity contribution in [2.24, 2.45) is 0 Å². The van der Waals surface area contributed by atoms with Gasteiger partial charge in [-0.2, -0.15) is 0 Å². The van der Waals surface area contributed by atoms with Gasteiger partial charge in [0.25, 0.3) is 0 Å². The zero-order chi connectivity index (χ0) is 12.3. The van der Waals surface area contributed by atoms with E-state index in [1.807, 2.05) is 19.1 Å². The second kappa shape index (κ2) is 4.87. The van der Waals surface area contributed by atoms with Crippen molar-refractivity contribution in [3.05, 3.63) is 59.9 Å². The summed E-state index contributed by atoms with van der Waals surface area (Å²) in [4.78, 5) is 0. The zero-order valence-corrected chi connectivity index (χ0v) is 9.52. The van der Waals surface area contributed by atoms with Crippen molar-refractivity contribution in [3.63, 3.8) is 0 Å². The van der Waals surface area contributed by atoms with Gasteiger partial charge in [-0.3, -0.25) is 0 Å². The molecule has 17 heavy (non-hydrogen) atoms. The maximum Gasteiger partial charge on any atom is 0.123 e. The molecule has 2 N–H and O–H groups in total. The van der Waals surface area contributed by atoms with Gasteiger partial charge in [-0.1, -0.05) is 18.2 Å². The number of aromatic hydroxyl groups is 1. The van der Waals surface area contributed by atoms with Gasteiger partial charge < -0.3 is 10.4 Å². The predicted octanol–water partition coefficient (Wildman–Crippen LogP) is 3.70. The van der Waals surface area contributed by atoms with Crippen LogP contribution in [0.15, 0.2) is 48.5 Å². The Morgan fingerprint density at radius 1 is 1.06 bits per heavy atom. The third-order valence-electron chi connectivity index (χ3n) is 2.63. The van der Waals surface area contributed by atoms with Crippen LogP contribution in [0.3, 0.4) is 0 Å². The fourth-order valence-electron chi connectivity index (χ4n) is 1.73. The van der Waals surface area contributed by atoms with Gasteiger partial charge in [0.05, 0.1) is 6.04 Å². The van der Waals surface area contributed by atoms with E-state index in [2.05, 4.69) is 5.32 Å². The highest BCUT2D eigenvalue weighted by Crippen LogP contribution is 2.26. The van der Waals surface area contributed by atoms with Crippen LogP contribution >= 0.6 is 0 Å². The van der Waals surface area contributed by atoms with Crippen LogP contribution in [0.2, 0.25) is 0 Å². The van der Waals surface area contributed by atoms with Gasteiger partial charge in [0, 0.05) is 11.3 Å². The van der Waals surface area contributed by atoms with E-state index < -0.39 is 0 Å². The molecule has 0 aliphatic rings. The van der Waals surface area contributed by atoms with Crippen molar-refractivity contribution in [2.75, 3.05) is 5.32 Å². The quantitative estimate of drug-likeness (QED) is 0.844. The molecule has 0 fully saturated rings. The molecule has 2 aromatic carbocycles. The van der Waals surface area contributed by atoms with E-state index in [0.717, 1.165) is 11.3 Å². The van der Waals surface area contributed by atoms with E-state index in [4.69, 9.17) is 0 Å². The Kier molecular flexibility index (Phi) is 3.28. The number of halogens is 1. The Balaban J connectivity index is 2.14. The number of phenolic OH excluding ortho intramolecular Hbond substituents is 1. The van der Waals surface area contributed by atoms with Gasteiger partial charge in [-0.05, 0) is 37.3 Å². The molecule has 0 saturated heterocycles. The molecule has 2 nitrogen and oxygen atoms in total. The molecule has 2 aromatic rings. The summed E-state index contributed by atoms with van der Waals surface area (Å²) in [6.07, 6.45) is 0. The summed E-state index contributed by atoms with van der Waals surface area (Å²) >= 11 is 0. The van der Waals surface area contributed by atoms with Crippen LogP contribution in [0.4, 0.5) is 10.1 Å². The van der Waals surface area contributed by atoms with Crippen LogP contribution in [-0.2, 0) is 0 Å². The lowest BCUT2D eigenvalue weighted by Gasteiger charge is -2.16. The first kappa shape index (κ1) is 11.5. The predicted molar refractivity (Wildman–Crippen MR) is 66.5 cm³/mol. The molecule has 3 heteroatoms. The lowest BCUT2D eigenvalue weighted by molar-refractivity contribution is 0.465. The average Bonchev–Trinajstić information content (AvgIpc) is 2.32. The summed E-state index contributed by atoms with van der Waals surface area (Å²) < 4.78 is 12.7. The maximum atomic E-state index is 12.7. The maximum absolute atomic E-state index is 12.7. The number of rotatable bonds is 3. The highest BCUT2D eigenvalue weighted by molar-refractivity contribution is 5.47. The van der Waals surface area contributed by atoms with Gasteiger partial charge in [-0.25, -0.2) is 4.39 Å². The summed E-state index contributed by atoms with van der Waals surface area (Å²) in [6.45, 7) is 1.94. The highest BCUT2D eigenvalue weighted by Gasteiger charge is 2.09. The summed E-state index contributed by atoms with van der Waals surface area (Å²) in [7, 11) is 0. The minimum absolute atomic E-state index is 0.0401. The van der Waals surface area contributed by atoms with Crippen molar-refractivity contribution in [1.82, 2.24) is 0 Å². The molecule has 0 saturated carbocycles. The van der Waals surface area contributed by atoms with Crippen LogP contribution in [0.25, 0.3) is 0 Å². The topological polar surface area (TPSA) is 32.3 Å². The summed E-state index contributed by atoms with van der Waals surface area (Å²) in [5.41, 5.74) is 1.64. The Bertz CT molecular complexity index is 496. The average molecular weight is 231 g/mol.